The first-order valence-corrected chi connectivity index (χ1v) is 9.25. The lowest BCUT2D eigenvalue weighted by atomic mass is 9.95. The Morgan fingerprint density at radius 2 is 1.63 bits per heavy atom. The van der Waals surface area contributed by atoms with E-state index in [1.165, 1.54) is 0 Å². The molecule has 0 unspecified atom stereocenters. The van der Waals surface area contributed by atoms with Gasteiger partial charge in [-0.05, 0) is 31.3 Å². The second kappa shape index (κ2) is 7.92. The van der Waals surface area contributed by atoms with Crippen molar-refractivity contribution in [1.82, 2.24) is 14.9 Å². The Labute approximate surface area is 160 Å². The zero-order valence-electron chi connectivity index (χ0n) is 16.5. The monoisotopic (exact) mass is 368 g/mol. The first-order chi connectivity index (χ1) is 12.8. The third-order valence-corrected chi connectivity index (χ3v) is 4.58. The number of amides is 1. The molecule has 1 aliphatic rings. The van der Waals surface area contributed by atoms with Crippen molar-refractivity contribution in [2.45, 2.75) is 20.8 Å². The number of carbonyl (C=O) groups is 1. The molecule has 0 atom stereocenters. The minimum absolute atomic E-state index is 0.00386. The van der Waals surface area contributed by atoms with Crippen molar-refractivity contribution in [3.63, 3.8) is 0 Å². The molecule has 1 aliphatic heterocycles. The zero-order valence-corrected chi connectivity index (χ0v) is 16.5. The molecule has 1 aromatic carbocycles. The van der Waals surface area contributed by atoms with Gasteiger partial charge in [-0.15, -0.1) is 0 Å². The lowest BCUT2D eigenvalue weighted by molar-refractivity contribution is -0.123. The van der Waals surface area contributed by atoms with Gasteiger partial charge in [-0.3, -0.25) is 4.79 Å². The Hall–Kier alpha value is -2.67. The van der Waals surface area contributed by atoms with Crippen molar-refractivity contribution >= 4 is 28.9 Å². The average Bonchev–Trinajstić information content (AvgIpc) is 2.63. The molecule has 2 N–H and O–H groups in total. The second-order valence-corrected chi connectivity index (χ2v) is 7.96. The van der Waals surface area contributed by atoms with E-state index in [0.717, 1.165) is 49.2 Å². The van der Waals surface area contributed by atoms with Crippen LogP contribution in [0, 0.1) is 5.41 Å². The summed E-state index contributed by atoms with van der Waals surface area (Å²) < 4.78 is 0. The normalized spacial score (nSPS) is 15.5. The summed E-state index contributed by atoms with van der Waals surface area (Å²) in [4.78, 5) is 25.4. The van der Waals surface area contributed by atoms with Gasteiger partial charge >= 0.3 is 0 Å². The molecule has 1 aromatic heterocycles. The lowest BCUT2D eigenvalue weighted by Gasteiger charge is -2.33. The van der Waals surface area contributed by atoms with Gasteiger partial charge in [0, 0.05) is 49.0 Å². The van der Waals surface area contributed by atoms with Crippen molar-refractivity contribution < 1.29 is 4.79 Å². The van der Waals surface area contributed by atoms with Gasteiger partial charge in [-0.2, -0.15) is 0 Å². The fraction of sp³-hybridized carbons (Fsp3) is 0.450. The van der Waals surface area contributed by atoms with Crippen LogP contribution in [0.5, 0.6) is 0 Å². The lowest BCUT2D eigenvalue weighted by Crippen LogP contribution is -2.44. The molecule has 27 heavy (non-hydrogen) atoms. The Bertz CT molecular complexity index is 776. The molecule has 0 saturated carbocycles. The summed E-state index contributed by atoms with van der Waals surface area (Å²) in [6, 6.07) is 9.59. The molecule has 0 spiro atoms. The number of nitrogens with one attached hydrogen (secondary N) is 2. The van der Waals surface area contributed by atoms with Crippen LogP contribution in [-0.4, -0.2) is 54.0 Å². The van der Waals surface area contributed by atoms with Crippen LogP contribution in [0.3, 0.4) is 0 Å². The predicted molar refractivity (Wildman–Crippen MR) is 110 cm³/mol. The largest absolute Gasteiger partial charge is 0.354 e. The van der Waals surface area contributed by atoms with Gasteiger partial charge in [0.25, 0.3) is 0 Å². The number of hydrogen-bond acceptors (Lipinski definition) is 6. The highest BCUT2D eigenvalue weighted by molar-refractivity contribution is 5.94. The summed E-state index contributed by atoms with van der Waals surface area (Å²) in [5.41, 5.74) is 1.27. The van der Waals surface area contributed by atoms with E-state index >= 15 is 0 Å². The van der Waals surface area contributed by atoms with Crippen LogP contribution < -0.4 is 15.5 Å². The summed E-state index contributed by atoms with van der Waals surface area (Å²) in [6.07, 6.45) is 1.59. The second-order valence-electron chi connectivity index (χ2n) is 7.96. The topological polar surface area (TPSA) is 73.4 Å². The number of rotatable bonds is 4. The van der Waals surface area contributed by atoms with Crippen molar-refractivity contribution in [3.05, 3.63) is 36.7 Å². The number of anilines is 4. The highest BCUT2D eigenvalue weighted by Crippen LogP contribution is 2.22. The summed E-state index contributed by atoms with van der Waals surface area (Å²) in [5.74, 6) is 1.69. The van der Waals surface area contributed by atoms with Crippen LogP contribution in [0.1, 0.15) is 20.8 Å². The van der Waals surface area contributed by atoms with E-state index in [2.05, 4.69) is 37.4 Å². The van der Waals surface area contributed by atoms with Gasteiger partial charge in [0.1, 0.15) is 18.0 Å². The number of piperazine rings is 1. The number of hydrogen-bond donors (Lipinski definition) is 2. The predicted octanol–water partition coefficient (Wildman–Crippen LogP) is 2.96. The number of likely N-dealkylation sites (N-methyl/N-ethyl adjacent to an activating group) is 1. The van der Waals surface area contributed by atoms with Crippen molar-refractivity contribution in [1.29, 1.82) is 0 Å². The summed E-state index contributed by atoms with van der Waals surface area (Å²) in [7, 11) is 2.14. The van der Waals surface area contributed by atoms with Crippen LogP contribution in [0.15, 0.2) is 36.7 Å². The minimum atomic E-state index is -0.419. The van der Waals surface area contributed by atoms with Gasteiger partial charge in [0.15, 0.2) is 0 Å². The van der Waals surface area contributed by atoms with Gasteiger partial charge in [0.05, 0.1) is 0 Å². The third-order valence-electron chi connectivity index (χ3n) is 4.58. The van der Waals surface area contributed by atoms with Gasteiger partial charge < -0.3 is 20.4 Å². The van der Waals surface area contributed by atoms with E-state index < -0.39 is 5.41 Å². The molecule has 1 saturated heterocycles. The van der Waals surface area contributed by atoms with E-state index in [1.54, 1.807) is 6.33 Å². The first kappa shape index (κ1) is 19.1. The molecule has 0 bridgehead atoms. The highest BCUT2D eigenvalue weighted by atomic mass is 16.2. The molecule has 7 nitrogen and oxygen atoms in total. The van der Waals surface area contributed by atoms with E-state index in [1.807, 2.05) is 51.1 Å². The maximum absolute atomic E-state index is 12.1. The molecular formula is C20H28N6O. The molecule has 3 rings (SSSR count). The van der Waals surface area contributed by atoms with Crippen molar-refractivity contribution in [2.24, 2.45) is 5.41 Å². The summed E-state index contributed by atoms with van der Waals surface area (Å²) in [6.45, 7) is 9.69. The Balaban J connectivity index is 1.64. The van der Waals surface area contributed by atoms with Crippen LogP contribution >= 0.6 is 0 Å². The SMILES string of the molecule is CN1CCN(c2cc(Nc3ccc(NC(=O)C(C)(C)C)cc3)ncn2)CC1. The van der Waals surface area contributed by atoms with Gasteiger partial charge in [0.2, 0.25) is 5.91 Å². The Morgan fingerprint density at radius 1 is 1.00 bits per heavy atom. The molecule has 144 valence electrons. The van der Waals surface area contributed by atoms with Crippen molar-refractivity contribution in [3.8, 4) is 0 Å². The smallest absolute Gasteiger partial charge is 0.229 e. The molecule has 0 aliphatic carbocycles. The van der Waals surface area contributed by atoms with E-state index in [9.17, 15) is 4.79 Å². The van der Waals surface area contributed by atoms with Crippen LogP contribution in [0.4, 0.5) is 23.0 Å². The average molecular weight is 368 g/mol. The van der Waals surface area contributed by atoms with Crippen LogP contribution in [-0.2, 0) is 4.79 Å². The molecule has 1 amide bonds. The van der Waals surface area contributed by atoms with Crippen molar-refractivity contribution in [2.75, 3.05) is 48.8 Å². The number of aromatic nitrogens is 2. The number of benzene rings is 1. The van der Waals surface area contributed by atoms with Gasteiger partial charge in [-0.25, -0.2) is 9.97 Å². The standard InChI is InChI=1S/C20H28N6O/c1-20(2,3)19(27)24-16-7-5-15(6-8-16)23-17-13-18(22-14-21-17)26-11-9-25(4)10-12-26/h5-8,13-14H,9-12H2,1-4H3,(H,24,27)(H,21,22,23). The highest BCUT2D eigenvalue weighted by Gasteiger charge is 2.21. The maximum atomic E-state index is 12.1. The molecule has 2 aromatic rings. The van der Waals surface area contributed by atoms with E-state index in [4.69, 9.17) is 0 Å². The summed E-state index contributed by atoms with van der Waals surface area (Å²) >= 11 is 0. The number of carbonyl (C=O) groups excluding carboxylic acids is 1. The fourth-order valence-corrected chi connectivity index (χ4v) is 2.73. The minimum Gasteiger partial charge on any atom is -0.354 e. The molecule has 1 fully saturated rings. The Kier molecular flexibility index (Phi) is 5.60. The molecule has 2 heterocycles. The summed E-state index contributed by atoms with van der Waals surface area (Å²) in [5, 5.41) is 6.23. The third kappa shape index (κ3) is 5.17. The van der Waals surface area contributed by atoms with E-state index in [-0.39, 0.29) is 5.91 Å². The van der Waals surface area contributed by atoms with Crippen LogP contribution in [0.2, 0.25) is 0 Å². The molecular weight excluding hydrogens is 340 g/mol. The quantitative estimate of drug-likeness (QED) is 0.864. The van der Waals surface area contributed by atoms with Crippen LogP contribution in [0.25, 0.3) is 0 Å². The maximum Gasteiger partial charge on any atom is 0.229 e. The molecule has 7 heteroatoms. The zero-order chi connectivity index (χ0) is 19.4. The Morgan fingerprint density at radius 3 is 2.26 bits per heavy atom. The molecule has 0 radical (unpaired) electrons. The first-order valence-electron chi connectivity index (χ1n) is 9.25. The van der Waals surface area contributed by atoms with E-state index in [0.29, 0.717) is 0 Å². The number of nitrogens with zero attached hydrogens (tertiary/aromatic N) is 4. The fourth-order valence-electron chi connectivity index (χ4n) is 2.73. The van der Waals surface area contributed by atoms with Gasteiger partial charge in [-0.1, -0.05) is 20.8 Å².